The Balaban J connectivity index is 2.69. The van der Waals surface area contributed by atoms with Crippen LogP contribution >= 0.6 is 27.5 Å². The highest BCUT2D eigenvalue weighted by molar-refractivity contribution is 9.10. The van der Waals surface area contributed by atoms with Crippen LogP contribution in [0.15, 0.2) is 27.8 Å². The molecule has 102 valence electrons. The third-order valence-electron chi connectivity index (χ3n) is 2.37. The summed E-state index contributed by atoms with van der Waals surface area (Å²) in [4.78, 5) is 13.8. The molecule has 0 radical (unpaired) electrons. The van der Waals surface area contributed by atoms with Crippen LogP contribution < -0.4 is 5.32 Å². The lowest BCUT2D eigenvalue weighted by Gasteiger charge is -2.15. The number of rotatable bonds is 7. The molecule has 0 aliphatic rings. The maximum Gasteiger partial charge on any atom is 0.325 e. The number of carboxylic acid groups (broad SMARTS) is 1. The number of halogens is 2. The Morgan fingerprint density at radius 2 is 2.37 bits per heavy atom. The summed E-state index contributed by atoms with van der Waals surface area (Å²) < 4.78 is 0.713. The van der Waals surface area contributed by atoms with E-state index in [1.54, 1.807) is 18.2 Å². The molecular formula is C11H12BrClN4O2. The lowest BCUT2D eigenvalue weighted by Crippen LogP contribution is -2.29. The second-order valence-corrected chi connectivity index (χ2v) is 4.97. The van der Waals surface area contributed by atoms with Gasteiger partial charge in [0.15, 0.2) is 0 Å². The van der Waals surface area contributed by atoms with Gasteiger partial charge >= 0.3 is 5.97 Å². The van der Waals surface area contributed by atoms with Gasteiger partial charge in [-0.1, -0.05) is 22.8 Å². The molecule has 0 saturated heterocycles. The molecule has 0 saturated carbocycles. The Kier molecular flexibility index (Phi) is 6.66. The first kappa shape index (κ1) is 15.8. The maximum atomic E-state index is 11.2. The second-order valence-electron chi connectivity index (χ2n) is 3.71. The summed E-state index contributed by atoms with van der Waals surface area (Å²) in [6.07, 6.45) is 0.568. The van der Waals surface area contributed by atoms with Gasteiger partial charge in [0.2, 0.25) is 0 Å². The molecule has 0 aromatic heterocycles. The summed E-state index contributed by atoms with van der Waals surface area (Å²) in [6, 6.07) is 4.16. The quantitative estimate of drug-likeness (QED) is 0.342. The monoisotopic (exact) mass is 346 g/mol. The number of azide groups is 1. The molecule has 19 heavy (non-hydrogen) atoms. The van der Waals surface area contributed by atoms with Crippen LogP contribution in [0.4, 0.5) is 0 Å². The molecule has 0 bridgehead atoms. The molecule has 0 aliphatic heterocycles. The molecule has 2 N–H and O–H groups in total. The molecule has 0 aliphatic carbocycles. The number of aliphatic carboxylic acids is 1. The number of nitrogens with zero attached hydrogens (tertiary/aromatic N) is 3. The molecule has 6 nitrogen and oxygen atoms in total. The van der Waals surface area contributed by atoms with Gasteiger partial charge in [0.05, 0.1) is 5.02 Å². The van der Waals surface area contributed by atoms with Crippen molar-refractivity contribution in [2.24, 2.45) is 5.11 Å². The molecular weight excluding hydrogens is 336 g/mol. The van der Waals surface area contributed by atoms with Crippen LogP contribution in [0.3, 0.4) is 0 Å². The van der Waals surface area contributed by atoms with E-state index >= 15 is 0 Å². The molecule has 1 aromatic rings. The first-order valence-electron chi connectivity index (χ1n) is 5.48. The first-order valence-corrected chi connectivity index (χ1v) is 6.65. The summed E-state index contributed by atoms with van der Waals surface area (Å²) in [5.41, 5.74) is 8.70. The van der Waals surface area contributed by atoms with Crippen molar-refractivity contribution in [2.45, 2.75) is 12.5 Å². The summed E-state index contributed by atoms with van der Waals surface area (Å²) in [7, 11) is 0. The predicted molar refractivity (Wildman–Crippen MR) is 76.2 cm³/mol. The fourth-order valence-electron chi connectivity index (χ4n) is 1.48. The molecule has 0 spiro atoms. The van der Waals surface area contributed by atoms with Crippen LogP contribution in [0.1, 0.15) is 18.0 Å². The van der Waals surface area contributed by atoms with E-state index in [-0.39, 0.29) is 0 Å². The number of hydrogen-bond donors (Lipinski definition) is 2. The molecule has 1 unspecified atom stereocenters. The summed E-state index contributed by atoms with van der Waals surface area (Å²) in [6.45, 7) is 0.764. The zero-order chi connectivity index (χ0) is 14.3. The van der Waals surface area contributed by atoms with Gasteiger partial charge in [0.1, 0.15) is 6.04 Å². The van der Waals surface area contributed by atoms with E-state index in [1.165, 1.54) is 0 Å². The topological polar surface area (TPSA) is 98.1 Å². The van der Waals surface area contributed by atoms with Gasteiger partial charge in [0, 0.05) is 15.9 Å². The summed E-state index contributed by atoms with van der Waals surface area (Å²) in [5, 5.41) is 15.9. The van der Waals surface area contributed by atoms with Crippen molar-refractivity contribution in [3.8, 4) is 0 Å². The molecule has 1 atom stereocenters. The molecule has 0 heterocycles. The van der Waals surface area contributed by atoms with Crippen molar-refractivity contribution in [1.82, 2.24) is 5.32 Å². The number of nitrogens with one attached hydrogen (secondary N) is 1. The van der Waals surface area contributed by atoms with Crippen LogP contribution in [0.2, 0.25) is 5.02 Å². The Morgan fingerprint density at radius 1 is 1.63 bits per heavy atom. The van der Waals surface area contributed by atoms with Crippen molar-refractivity contribution in [2.75, 3.05) is 13.1 Å². The smallest absolute Gasteiger partial charge is 0.325 e. The first-order chi connectivity index (χ1) is 9.06. The zero-order valence-corrected chi connectivity index (χ0v) is 12.2. The van der Waals surface area contributed by atoms with Crippen LogP contribution in [0, 0.1) is 0 Å². The Hall–Kier alpha value is -1.27. The van der Waals surface area contributed by atoms with Crippen LogP contribution in [0.5, 0.6) is 0 Å². The van der Waals surface area contributed by atoms with Crippen molar-refractivity contribution in [1.29, 1.82) is 0 Å². The molecule has 8 heteroatoms. The van der Waals surface area contributed by atoms with Gasteiger partial charge in [-0.25, -0.2) is 0 Å². The average Bonchev–Trinajstić information content (AvgIpc) is 2.37. The second kappa shape index (κ2) is 8.01. The average molecular weight is 348 g/mol. The van der Waals surface area contributed by atoms with Crippen molar-refractivity contribution in [3.63, 3.8) is 0 Å². The van der Waals surface area contributed by atoms with E-state index in [2.05, 4.69) is 31.3 Å². The Labute approximate surface area is 123 Å². The predicted octanol–water partition coefficient (Wildman–Crippen LogP) is 3.52. The SMILES string of the molecule is [N-]=[N+]=NCCCNC(C(=O)O)c1ccc(Br)c(Cl)c1. The van der Waals surface area contributed by atoms with E-state index in [9.17, 15) is 9.90 Å². The van der Waals surface area contributed by atoms with E-state index < -0.39 is 12.0 Å². The van der Waals surface area contributed by atoms with Crippen molar-refractivity contribution >= 4 is 33.5 Å². The van der Waals surface area contributed by atoms with E-state index in [4.69, 9.17) is 17.1 Å². The third kappa shape index (κ3) is 5.08. The van der Waals surface area contributed by atoms with Gasteiger partial charge in [-0.3, -0.25) is 4.79 Å². The lowest BCUT2D eigenvalue weighted by atomic mass is 10.1. The standard InChI is InChI=1S/C11H12BrClN4O2/c12-8-3-2-7(6-9(8)13)10(11(18)19)15-4-1-5-16-17-14/h2-3,6,10,15H,1,4-5H2,(H,18,19). The molecule has 0 amide bonds. The lowest BCUT2D eigenvalue weighted by molar-refractivity contribution is -0.139. The fraction of sp³-hybridized carbons (Fsp3) is 0.364. The van der Waals surface area contributed by atoms with Gasteiger partial charge in [0.25, 0.3) is 0 Å². The summed E-state index contributed by atoms with van der Waals surface area (Å²) in [5.74, 6) is -0.984. The minimum Gasteiger partial charge on any atom is -0.480 e. The Bertz CT molecular complexity index is 505. The number of hydrogen-bond acceptors (Lipinski definition) is 3. The van der Waals surface area contributed by atoms with Crippen LogP contribution in [0.25, 0.3) is 10.4 Å². The zero-order valence-electron chi connectivity index (χ0n) is 9.88. The third-order valence-corrected chi connectivity index (χ3v) is 3.60. The normalized spacial score (nSPS) is 11.7. The minimum atomic E-state index is -0.984. The number of carbonyl (C=O) groups is 1. The number of benzene rings is 1. The van der Waals surface area contributed by atoms with Gasteiger partial charge in [-0.05, 0) is 52.1 Å². The van der Waals surface area contributed by atoms with Gasteiger partial charge in [-0.15, -0.1) is 0 Å². The highest BCUT2D eigenvalue weighted by atomic mass is 79.9. The van der Waals surface area contributed by atoms with Gasteiger partial charge in [-0.2, -0.15) is 0 Å². The highest BCUT2D eigenvalue weighted by Crippen LogP contribution is 2.26. The summed E-state index contributed by atoms with van der Waals surface area (Å²) >= 11 is 9.19. The fourth-order valence-corrected chi connectivity index (χ4v) is 1.92. The van der Waals surface area contributed by atoms with Crippen molar-refractivity contribution < 1.29 is 9.90 Å². The van der Waals surface area contributed by atoms with Crippen molar-refractivity contribution in [3.05, 3.63) is 43.7 Å². The Morgan fingerprint density at radius 3 is 2.95 bits per heavy atom. The van der Waals surface area contributed by atoms with Crippen LogP contribution in [-0.2, 0) is 4.79 Å². The highest BCUT2D eigenvalue weighted by Gasteiger charge is 2.19. The minimum absolute atomic E-state index is 0.330. The number of carboxylic acids is 1. The maximum absolute atomic E-state index is 11.2. The largest absolute Gasteiger partial charge is 0.480 e. The van der Waals surface area contributed by atoms with E-state index in [1.807, 2.05) is 0 Å². The molecule has 1 aromatic carbocycles. The van der Waals surface area contributed by atoms with E-state index in [0.29, 0.717) is 34.6 Å². The van der Waals surface area contributed by atoms with E-state index in [0.717, 1.165) is 0 Å². The van der Waals surface area contributed by atoms with Crippen LogP contribution in [-0.4, -0.2) is 24.2 Å². The van der Waals surface area contributed by atoms with Gasteiger partial charge < -0.3 is 10.4 Å². The molecule has 0 fully saturated rings. The molecule has 1 rings (SSSR count).